The van der Waals surface area contributed by atoms with Crippen LogP contribution in [0.15, 0.2) is 42.5 Å². The molecule has 3 nitrogen and oxygen atoms in total. The monoisotopic (exact) mass is 254 g/mol. The smallest absolute Gasteiger partial charge is 0.119 e. The fourth-order valence-electron chi connectivity index (χ4n) is 2.63. The largest absolute Gasteiger partial charge is 0.497 e. The normalized spacial score (nSPS) is 13.3. The third kappa shape index (κ3) is 2.12. The van der Waals surface area contributed by atoms with Crippen molar-refractivity contribution >= 4 is 11.4 Å². The average Bonchev–Trinajstić information content (AvgIpc) is 2.91. The minimum Gasteiger partial charge on any atom is -0.497 e. The molecule has 2 aromatic rings. The van der Waals surface area contributed by atoms with E-state index < -0.39 is 0 Å². The molecular weight excluding hydrogens is 236 g/mol. The third-order valence-corrected chi connectivity index (χ3v) is 3.69. The third-order valence-electron chi connectivity index (χ3n) is 3.69. The molecule has 0 bridgehead atoms. The number of methoxy groups -OCH3 is 1. The number of hydrogen-bond acceptors (Lipinski definition) is 3. The molecule has 0 radical (unpaired) electrons. The molecule has 0 saturated carbocycles. The van der Waals surface area contributed by atoms with Crippen LogP contribution in [0.5, 0.6) is 5.75 Å². The van der Waals surface area contributed by atoms with E-state index in [1.165, 1.54) is 22.5 Å². The van der Waals surface area contributed by atoms with Gasteiger partial charge in [0.1, 0.15) is 5.75 Å². The van der Waals surface area contributed by atoms with E-state index in [2.05, 4.69) is 40.5 Å². The summed E-state index contributed by atoms with van der Waals surface area (Å²) in [5, 5.41) is 3.27. The van der Waals surface area contributed by atoms with Crippen LogP contribution in [-0.4, -0.2) is 14.2 Å². The Labute approximate surface area is 113 Å². The molecule has 98 valence electrons. The van der Waals surface area contributed by atoms with Crippen molar-refractivity contribution in [1.29, 1.82) is 0 Å². The Bertz CT molecular complexity index is 578. The number of anilines is 2. The molecule has 1 heterocycles. The molecule has 3 rings (SSSR count). The predicted molar refractivity (Wildman–Crippen MR) is 78.9 cm³/mol. The maximum absolute atomic E-state index is 5.20. The Balaban J connectivity index is 1.86. The topological polar surface area (TPSA) is 24.5 Å². The van der Waals surface area contributed by atoms with Gasteiger partial charge in [-0.05, 0) is 41.5 Å². The molecule has 3 heteroatoms. The highest BCUT2D eigenvalue weighted by Gasteiger charge is 2.21. The minimum absolute atomic E-state index is 0.899. The number of ether oxygens (including phenoxy) is 1. The van der Waals surface area contributed by atoms with E-state index >= 15 is 0 Å². The molecule has 0 atom stereocenters. The molecule has 0 saturated heterocycles. The second-order valence-electron chi connectivity index (χ2n) is 4.75. The zero-order valence-electron chi connectivity index (χ0n) is 11.3. The van der Waals surface area contributed by atoms with Crippen molar-refractivity contribution in [3.63, 3.8) is 0 Å². The summed E-state index contributed by atoms with van der Waals surface area (Å²) in [5.41, 5.74) is 5.27. The molecule has 0 spiro atoms. The van der Waals surface area contributed by atoms with Crippen molar-refractivity contribution in [2.75, 3.05) is 24.4 Å². The van der Waals surface area contributed by atoms with Gasteiger partial charge in [-0.3, -0.25) is 0 Å². The van der Waals surface area contributed by atoms with Crippen LogP contribution in [0.25, 0.3) is 0 Å². The maximum Gasteiger partial charge on any atom is 0.119 e. The molecule has 0 amide bonds. The lowest BCUT2D eigenvalue weighted by molar-refractivity contribution is 0.415. The summed E-state index contributed by atoms with van der Waals surface area (Å²) >= 11 is 0. The van der Waals surface area contributed by atoms with Crippen LogP contribution in [0, 0.1) is 0 Å². The van der Waals surface area contributed by atoms with Crippen molar-refractivity contribution in [1.82, 2.24) is 0 Å². The van der Waals surface area contributed by atoms with Crippen LogP contribution >= 0.6 is 0 Å². The van der Waals surface area contributed by atoms with Gasteiger partial charge in [-0.25, -0.2) is 0 Å². The van der Waals surface area contributed by atoms with Gasteiger partial charge >= 0.3 is 0 Å². The molecule has 0 unspecified atom stereocenters. The van der Waals surface area contributed by atoms with E-state index in [1.54, 1.807) is 7.11 Å². The minimum atomic E-state index is 0.899. The Morgan fingerprint density at radius 2 is 1.84 bits per heavy atom. The standard InChI is InChI=1S/C16H18N2O/c1-17-16-5-3-4-12-10-18(11-15(12)16)13-6-8-14(19-2)9-7-13/h3-9,17H,10-11H2,1-2H3. The number of nitrogens with zero attached hydrogens (tertiary/aromatic N) is 1. The van der Waals surface area contributed by atoms with Crippen molar-refractivity contribution in [3.05, 3.63) is 53.6 Å². The van der Waals surface area contributed by atoms with Crippen LogP contribution in [0.1, 0.15) is 11.1 Å². The van der Waals surface area contributed by atoms with Crippen LogP contribution < -0.4 is 15.0 Å². The van der Waals surface area contributed by atoms with Crippen molar-refractivity contribution < 1.29 is 4.74 Å². The first kappa shape index (κ1) is 11.9. The Morgan fingerprint density at radius 3 is 2.53 bits per heavy atom. The number of rotatable bonds is 3. The van der Waals surface area contributed by atoms with E-state index in [0.29, 0.717) is 0 Å². The summed E-state index contributed by atoms with van der Waals surface area (Å²) in [5.74, 6) is 0.899. The molecule has 0 aromatic heterocycles. The number of nitrogens with one attached hydrogen (secondary N) is 1. The first-order chi connectivity index (χ1) is 9.31. The fraction of sp³-hybridized carbons (Fsp3) is 0.250. The molecule has 2 aromatic carbocycles. The Morgan fingerprint density at radius 1 is 1.05 bits per heavy atom. The van der Waals surface area contributed by atoms with Gasteiger partial charge in [-0.15, -0.1) is 0 Å². The first-order valence-electron chi connectivity index (χ1n) is 6.49. The summed E-state index contributed by atoms with van der Waals surface area (Å²) in [7, 11) is 3.67. The van der Waals surface area contributed by atoms with E-state index in [9.17, 15) is 0 Å². The number of fused-ring (bicyclic) bond motifs is 1. The van der Waals surface area contributed by atoms with Crippen LogP contribution in [0.4, 0.5) is 11.4 Å². The van der Waals surface area contributed by atoms with E-state index in [-0.39, 0.29) is 0 Å². The van der Waals surface area contributed by atoms with Gasteiger partial charge in [0.05, 0.1) is 7.11 Å². The Kier molecular flexibility index (Phi) is 3.03. The quantitative estimate of drug-likeness (QED) is 0.910. The highest BCUT2D eigenvalue weighted by molar-refractivity contribution is 5.61. The van der Waals surface area contributed by atoms with Crippen molar-refractivity contribution in [2.24, 2.45) is 0 Å². The van der Waals surface area contributed by atoms with Gasteiger partial charge in [0.25, 0.3) is 0 Å². The fourth-order valence-corrected chi connectivity index (χ4v) is 2.63. The van der Waals surface area contributed by atoms with Gasteiger partial charge < -0.3 is 15.0 Å². The SMILES string of the molecule is CNc1cccc2c1CN(c1ccc(OC)cc1)C2. The Hall–Kier alpha value is -2.16. The van der Waals surface area contributed by atoms with Crippen molar-refractivity contribution in [3.8, 4) is 5.75 Å². The van der Waals surface area contributed by atoms with Gasteiger partial charge in [-0.2, -0.15) is 0 Å². The number of hydrogen-bond donors (Lipinski definition) is 1. The highest BCUT2D eigenvalue weighted by Crippen LogP contribution is 2.33. The highest BCUT2D eigenvalue weighted by atomic mass is 16.5. The maximum atomic E-state index is 5.20. The molecule has 1 aliphatic heterocycles. The first-order valence-corrected chi connectivity index (χ1v) is 6.49. The van der Waals surface area contributed by atoms with Crippen molar-refractivity contribution in [2.45, 2.75) is 13.1 Å². The van der Waals surface area contributed by atoms with Crippen LogP contribution in [0.3, 0.4) is 0 Å². The summed E-state index contributed by atoms with van der Waals surface area (Å²) in [4.78, 5) is 2.38. The lowest BCUT2D eigenvalue weighted by atomic mass is 10.1. The van der Waals surface area contributed by atoms with Gasteiger partial charge in [0.15, 0.2) is 0 Å². The summed E-state index contributed by atoms with van der Waals surface area (Å²) < 4.78 is 5.20. The molecule has 0 aliphatic carbocycles. The lowest BCUT2D eigenvalue weighted by Gasteiger charge is -2.18. The van der Waals surface area contributed by atoms with Crippen LogP contribution in [-0.2, 0) is 13.1 Å². The van der Waals surface area contributed by atoms with Gasteiger partial charge in [-0.1, -0.05) is 12.1 Å². The van der Waals surface area contributed by atoms with Gasteiger partial charge in [0.2, 0.25) is 0 Å². The molecular formula is C16H18N2O. The molecule has 0 fully saturated rings. The average molecular weight is 254 g/mol. The van der Waals surface area contributed by atoms with E-state index in [1.807, 2.05) is 19.2 Å². The van der Waals surface area contributed by atoms with E-state index in [0.717, 1.165) is 18.8 Å². The zero-order valence-corrected chi connectivity index (χ0v) is 11.3. The lowest BCUT2D eigenvalue weighted by Crippen LogP contribution is -2.14. The zero-order chi connectivity index (χ0) is 13.2. The summed E-state index contributed by atoms with van der Waals surface area (Å²) in [6.45, 7) is 1.93. The summed E-state index contributed by atoms with van der Waals surface area (Å²) in [6.07, 6.45) is 0. The molecule has 1 aliphatic rings. The summed E-state index contributed by atoms with van der Waals surface area (Å²) in [6, 6.07) is 14.7. The second kappa shape index (κ2) is 4.84. The second-order valence-corrected chi connectivity index (χ2v) is 4.75. The molecule has 1 N–H and O–H groups in total. The van der Waals surface area contributed by atoms with E-state index in [4.69, 9.17) is 4.74 Å². The number of benzene rings is 2. The van der Waals surface area contributed by atoms with Crippen LogP contribution in [0.2, 0.25) is 0 Å². The van der Waals surface area contributed by atoms with Gasteiger partial charge in [0, 0.05) is 31.5 Å². The molecule has 19 heavy (non-hydrogen) atoms. The predicted octanol–water partition coefficient (Wildman–Crippen LogP) is 3.26.